The molecule has 0 saturated carbocycles. The number of nitrogens with one attached hydrogen (secondary N) is 1. The second kappa shape index (κ2) is 8.82. The number of aromatic carboxylic acids is 1. The van der Waals surface area contributed by atoms with E-state index >= 15 is 0 Å². The Kier molecular flexibility index (Phi) is 5.89. The summed E-state index contributed by atoms with van der Waals surface area (Å²) in [5, 5.41) is 14.0. The minimum absolute atomic E-state index is 0.0711. The van der Waals surface area contributed by atoms with Crippen molar-refractivity contribution in [3.05, 3.63) is 98.2 Å². The number of hydrogen-bond donors (Lipinski definition) is 2. The molecule has 8 heteroatoms. The summed E-state index contributed by atoms with van der Waals surface area (Å²) in [6, 6.07) is 11.7. The SMILES string of the molecule is Cc1cc(C)c2c(=O)c(C=NNC(=O)c3ccc(C(=O)O)c(-n4c(C)ccc4C)c3)coc2c1. The van der Waals surface area contributed by atoms with Gasteiger partial charge in [0.15, 0.2) is 0 Å². The molecule has 0 aliphatic rings. The number of carboxylic acid groups (broad SMARTS) is 1. The third kappa shape index (κ3) is 4.13. The minimum Gasteiger partial charge on any atom is -0.478 e. The van der Waals surface area contributed by atoms with E-state index in [1.165, 1.54) is 30.7 Å². The van der Waals surface area contributed by atoms with Crippen LogP contribution in [0.25, 0.3) is 16.7 Å². The zero-order valence-electron chi connectivity index (χ0n) is 19.2. The highest BCUT2D eigenvalue weighted by Crippen LogP contribution is 2.22. The van der Waals surface area contributed by atoms with Crippen molar-refractivity contribution in [2.45, 2.75) is 27.7 Å². The normalized spacial score (nSPS) is 11.3. The number of benzene rings is 2. The minimum atomic E-state index is -1.10. The van der Waals surface area contributed by atoms with Gasteiger partial charge < -0.3 is 14.1 Å². The second-order valence-electron chi connectivity index (χ2n) is 8.16. The Morgan fingerprint density at radius 2 is 1.74 bits per heavy atom. The van der Waals surface area contributed by atoms with Gasteiger partial charge in [-0.3, -0.25) is 9.59 Å². The number of hydrogen-bond acceptors (Lipinski definition) is 5. The first kappa shape index (κ1) is 22.7. The number of carbonyl (C=O) groups excluding carboxylic acids is 1. The molecule has 0 atom stereocenters. The molecule has 2 N–H and O–H groups in total. The number of nitrogens with zero attached hydrogens (tertiary/aromatic N) is 2. The van der Waals surface area contributed by atoms with Crippen LogP contribution in [-0.4, -0.2) is 27.8 Å². The van der Waals surface area contributed by atoms with Gasteiger partial charge in [0.2, 0.25) is 5.43 Å². The molecule has 0 bridgehead atoms. The number of fused-ring (bicyclic) bond motifs is 1. The van der Waals surface area contributed by atoms with E-state index in [0.29, 0.717) is 16.7 Å². The summed E-state index contributed by atoms with van der Waals surface area (Å²) < 4.78 is 7.35. The van der Waals surface area contributed by atoms with Gasteiger partial charge in [0, 0.05) is 17.0 Å². The van der Waals surface area contributed by atoms with Crippen LogP contribution in [0.15, 0.2) is 63.0 Å². The van der Waals surface area contributed by atoms with Gasteiger partial charge in [0.25, 0.3) is 5.91 Å². The predicted octanol–water partition coefficient (Wildman–Crippen LogP) is 4.28. The van der Waals surface area contributed by atoms with Gasteiger partial charge in [-0.2, -0.15) is 5.10 Å². The molecular weight excluding hydrogens is 434 g/mol. The average Bonchev–Trinajstić information content (AvgIpc) is 3.12. The van der Waals surface area contributed by atoms with Gasteiger partial charge in [0.05, 0.1) is 28.4 Å². The first-order valence-electron chi connectivity index (χ1n) is 10.6. The van der Waals surface area contributed by atoms with Crippen molar-refractivity contribution in [2.75, 3.05) is 0 Å². The van der Waals surface area contributed by atoms with Gasteiger partial charge in [-0.25, -0.2) is 10.2 Å². The topological polar surface area (TPSA) is 114 Å². The molecule has 2 heterocycles. The fourth-order valence-corrected chi connectivity index (χ4v) is 4.04. The predicted molar refractivity (Wildman–Crippen MR) is 129 cm³/mol. The lowest BCUT2D eigenvalue weighted by molar-refractivity contribution is 0.0696. The molecule has 172 valence electrons. The Morgan fingerprint density at radius 3 is 2.41 bits per heavy atom. The molecule has 34 heavy (non-hydrogen) atoms. The standard InChI is InChI=1S/C26H23N3O5/c1-14-9-15(2)23-22(10-14)34-13-19(24(23)30)12-27-28-25(31)18-7-8-20(26(32)33)21(11-18)29-16(3)5-6-17(29)4/h5-13H,1-4H3,(H,28,31)(H,32,33). The zero-order chi connectivity index (χ0) is 24.6. The lowest BCUT2D eigenvalue weighted by atomic mass is 10.1. The van der Waals surface area contributed by atoms with Crippen LogP contribution in [0.2, 0.25) is 0 Å². The van der Waals surface area contributed by atoms with Crippen molar-refractivity contribution in [3.63, 3.8) is 0 Å². The summed E-state index contributed by atoms with van der Waals surface area (Å²) >= 11 is 0. The number of hydrazone groups is 1. The number of aromatic nitrogens is 1. The third-order valence-corrected chi connectivity index (χ3v) is 5.62. The molecule has 2 aromatic carbocycles. The maximum absolute atomic E-state index is 12.8. The summed E-state index contributed by atoms with van der Waals surface area (Å²) in [6.07, 6.45) is 2.53. The molecule has 0 fully saturated rings. The van der Waals surface area contributed by atoms with Crippen molar-refractivity contribution in [1.29, 1.82) is 0 Å². The maximum Gasteiger partial charge on any atom is 0.337 e. The molecule has 8 nitrogen and oxygen atoms in total. The third-order valence-electron chi connectivity index (χ3n) is 5.62. The molecular formula is C26H23N3O5. The van der Waals surface area contributed by atoms with E-state index in [1.807, 2.05) is 45.9 Å². The van der Waals surface area contributed by atoms with Crippen molar-refractivity contribution in [2.24, 2.45) is 5.10 Å². The Morgan fingerprint density at radius 1 is 1.03 bits per heavy atom. The summed E-state index contributed by atoms with van der Waals surface area (Å²) in [5.74, 6) is -1.64. The highest BCUT2D eigenvalue weighted by molar-refractivity contribution is 5.99. The largest absolute Gasteiger partial charge is 0.478 e. The first-order chi connectivity index (χ1) is 16.2. The van der Waals surface area contributed by atoms with Crippen LogP contribution in [-0.2, 0) is 0 Å². The molecule has 4 rings (SSSR count). The Balaban J connectivity index is 1.63. The smallest absolute Gasteiger partial charge is 0.337 e. The molecule has 0 aliphatic carbocycles. The van der Waals surface area contributed by atoms with Crippen LogP contribution in [0.5, 0.6) is 0 Å². The molecule has 2 aromatic heterocycles. The van der Waals surface area contributed by atoms with E-state index in [1.54, 1.807) is 10.6 Å². The fourth-order valence-electron chi connectivity index (χ4n) is 4.04. The van der Waals surface area contributed by atoms with Crippen molar-refractivity contribution < 1.29 is 19.1 Å². The first-order valence-corrected chi connectivity index (χ1v) is 10.6. The van der Waals surface area contributed by atoms with Crippen molar-refractivity contribution >= 4 is 29.1 Å². The highest BCUT2D eigenvalue weighted by atomic mass is 16.4. The monoisotopic (exact) mass is 457 g/mol. The van der Waals surface area contributed by atoms with E-state index in [9.17, 15) is 19.5 Å². The van der Waals surface area contributed by atoms with E-state index in [0.717, 1.165) is 22.5 Å². The highest BCUT2D eigenvalue weighted by Gasteiger charge is 2.17. The lowest BCUT2D eigenvalue weighted by Gasteiger charge is -2.14. The number of carboxylic acids is 1. The average molecular weight is 457 g/mol. The van der Waals surface area contributed by atoms with Crippen LogP contribution in [0.1, 0.15) is 48.8 Å². The number of rotatable bonds is 5. The van der Waals surface area contributed by atoms with Gasteiger partial charge in [-0.15, -0.1) is 0 Å². The van der Waals surface area contributed by atoms with Crippen LogP contribution < -0.4 is 10.9 Å². The van der Waals surface area contributed by atoms with Crippen LogP contribution in [0.3, 0.4) is 0 Å². The molecule has 0 aliphatic heterocycles. The summed E-state index contributed by atoms with van der Waals surface area (Å²) in [5.41, 5.74) is 6.96. The lowest BCUT2D eigenvalue weighted by Crippen LogP contribution is -2.20. The second-order valence-corrected chi connectivity index (χ2v) is 8.16. The molecule has 1 amide bonds. The fraction of sp³-hybridized carbons (Fsp3) is 0.154. The zero-order valence-corrected chi connectivity index (χ0v) is 19.2. The molecule has 0 saturated heterocycles. The summed E-state index contributed by atoms with van der Waals surface area (Å²) in [6.45, 7) is 7.47. The van der Waals surface area contributed by atoms with Crippen molar-refractivity contribution in [1.82, 2.24) is 9.99 Å². The maximum atomic E-state index is 12.8. The van der Waals surface area contributed by atoms with E-state index < -0.39 is 11.9 Å². The molecule has 0 radical (unpaired) electrons. The number of amides is 1. The van der Waals surface area contributed by atoms with Gasteiger partial charge in [-0.1, -0.05) is 6.07 Å². The quantitative estimate of drug-likeness (QED) is 0.343. The van der Waals surface area contributed by atoms with E-state index in [2.05, 4.69) is 10.5 Å². The van der Waals surface area contributed by atoms with Gasteiger partial charge in [-0.05, 0) is 75.2 Å². The van der Waals surface area contributed by atoms with Crippen LogP contribution >= 0.6 is 0 Å². The van der Waals surface area contributed by atoms with Gasteiger partial charge in [0.1, 0.15) is 11.8 Å². The number of carbonyl (C=O) groups is 2. The molecule has 4 aromatic rings. The van der Waals surface area contributed by atoms with Crippen LogP contribution in [0, 0.1) is 27.7 Å². The van der Waals surface area contributed by atoms with Crippen LogP contribution in [0.4, 0.5) is 0 Å². The van der Waals surface area contributed by atoms with Crippen molar-refractivity contribution in [3.8, 4) is 5.69 Å². The van der Waals surface area contributed by atoms with E-state index in [4.69, 9.17) is 4.42 Å². The molecule has 0 spiro atoms. The number of aryl methyl sites for hydroxylation is 4. The Hall–Kier alpha value is -4.46. The summed E-state index contributed by atoms with van der Waals surface area (Å²) in [7, 11) is 0. The van der Waals surface area contributed by atoms with E-state index in [-0.39, 0.29) is 22.1 Å². The Labute approximate surface area is 195 Å². The molecule has 0 unspecified atom stereocenters. The van der Waals surface area contributed by atoms with Gasteiger partial charge >= 0.3 is 5.97 Å². The summed E-state index contributed by atoms with van der Waals surface area (Å²) in [4.78, 5) is 37.3. The Bertz CT molecular complexity index is 1520.